The SMILES string of the molecule is CCCCCB1BCCC1. The van der Waals surface area contributed by atoms with Crippen molar-refractivity contribution in [2.45, 2.75) is 51.6 Å². The van der Waals surface area contributed by atoms with Crippen LogP contribution >= 0.6 is 0 Å². The lowest BCUT2D eigenvalue weighted by Gasteiger charge is -2.02. The summed E-state index contributed by atoms with van der Waals surface area (Å²) in [5.74, 6) is 0. The first-order valence-electron chi connectivity index (χ1n) is 4.93. The number of rotatable bonds is 4. The molecule has 1 aliphatic heterocycles. The van der Waals surface area contributed by atoms with Crippen LogP contribution in [0, 0.1) is 0 Å². The molecule has 0 radical (unpaired) electrons. The van der Waals surface area contributed by atoms with E-state index in [1.54, 1.807) is 0 Å². The smallest absolute Gasteiger partial charge is 0.0848 e. The molecule has 10 heavy (non-hydrogen) atoms. The van der Waals surface area contributed by atoms with Crippen LogP contribution in [0.1, 0.15) is 32.6 Å². The van der Waals surface area contributed by atoms with Gasteiger partial charge in [0.2, 0.25) is 0 Å². The molecular formula is C8H18B2. The third-order valence-corrected chi connectivity index (χ3v) is 2.69. The van der Waals surface area contributed by atoms with Gasteiger partial charge in [0.15, 0.2) is 0 Å². The highest BCUT2D eigenvalue weighted by molar-refractivity contribution is 7.13. The zero-order valence-corrected chi connectivity index (χ0v) is 7.23. The van der Waals surface area contributed by atoms with Crippen LogP contribution in [0.5, 0.6) is 0 Å². The first-order valence-corrected chi connectivity index (χ1v) is 4.93. The summed E-state index contributed by atoms with van der Waals surface area (Å²) < 4.78 is 0. The first kappa shape index (κ1) is 8.23. The van der Waals surface area contributed by atoms with Crippen LogP contribution in [0.4, 0.5) is 0 Å². The molecule has 0 spiro atoms. The van der Waals surface area contributed by atoms with E-state index in [1.165, 1.54) is 51.8 Å². The van der Waals surface area contributed by atoms with E-state index in [2.05, 4.69) is 6.92 Å². The highest BCUT2D eigenvalue weighted by Gasteiger charge is 2.18. The Morgan fingerprint density at radius 1 is 1.40 bits per heavy atom. The molecule has 0 atom stereocenters. The van der Waals surface area contributed by atoms with Gasteiger partial charge in [0.1, 0.15) is 6.60 Å². The Kier molecular flexibility index (Phi) is 4.01. The zero-order valence-electron chi connectivity index (χ0n) is 7.23. The van der Waals surface area contributed by atoms with Crippen molar-refractivity contribution >= 4 is 13.8 Å². The second kappa shape index (κ2) is 4.87. The van der Waals surface area contributed by atoms with Crippen molar-refractivity contribution < 1.29 is 0 Å². The summed E-state index contributed by atoms with van der Waals surface area (Å²) in [5.41, 5.74) is 0. The molecule has 0 N–H and O–H groups in total. The molecule has 2 heteroatoms. The molecule has 0 bridgehead atoms. The van der Waals surface area contributed by atoms with Crippen molar-refractivity contribution in [1.29, 1.82) is 0 Å². The molecule has 1 fully saturated rings. The van der Waals surface area contributed by atoms with E-state index >= 15 is 0 Å². The Balaban J connectivity index is 1.91. The molecule has 0 nitrogen and oxygen atoms in total. The van der Waals surface area contributed by atoms with Gasteiger partial charge in [0.25, 0.3) is 0 Å². The second-order valence-corrected chi connectivity index (χ2v) is 3.65. The predicted molar refractivity (Wildman–Crippen MR) is 51.5 cm³/mol. The van der Waals surface area contributed by atoms with E-state index in [4.69, 9.17) is 0 Å². The molecule has 0 unspecified atom stereocenters. The summed E-state index contributed by atoms with van der Waals surface area (Å²) in [6.07, 6.45) is 10.4. The summed E-state index contributed by atoms with van der Waals surface area (Å²) in [4.78, 5) is 0. The largest absolute Gasteiger partial charge is 0.105 e. The average molecular weight is 136 g/mol. The fourth-order valence-electron chi connectivity index (χ4n) is 1.98. The van der Waals surface area contributed by atoms with Gasteiger partial charge in [0.05, 0.1) is 7.17 Å². The topological polar surface area (TPSA) is 0 Å². The third-order valence-electron chi connectivity index (χ3n) is 2.69. The van der Waals surface area contributed by atoms with Gasteiger partial charge in [-0.2, -0.15) is 0 Å². The number of unbranched alkanes of at least 4 members (excludes halogenated alkanes) is 2. The van der Waals surface area contributed by atoms with Gasteiger partial charge >= 0.3 is 0 Å². The van der Waals surface area contributed by atoms with E-state index in [1.807, 2.05) is 0 Å². The van der Waals surface area contributed by atoms with E-state index < -0.39 is 0 Å². The van der Waals surface area contributed by atoms with Crippen LogP contribution in [0.25, 0.3) is 0 Å². The van der Waals surface area contributed by atoms with Crippen LogP contribution in [-0.4, -0.2) is 13.8 Å². The molecule has 0 amide bonds. The van der Waals surface area contributed by atoms with Crippen LogP contribution in [0.3, 0.4) is 0 Å². The summed E-state index contributed by atoms with van der Waals surface area (Å²) in [6.45, 7) is 3.40. The second-order valence-electron chi connectivity index (χ2n) is 3.65. The monoisotopic (exact) mass is 136 g/mol. The fraction of sp³-hybridized carbons (Fsp3) is 1.00. The van der Waals surface area contributed by atoms with Crippen LogP contribution in [0.15, 0.2) is 0 Å². The quantitative estimate of drug-likeness (QED) is 0.411. The standard InChI is InChI=1S/C8H18B2/c1-2-3-4-7-10-8-5-6-9-10/h9H,2-8H2,1H3. The Hall–Kier alpha value is 0.130. The molecular weight excluding hydrogens is 118 g/mol. The van der Waals surface area contributed by atoms with Crippen LogP contribution in [0.2, 0.25) is 19.0 Å². The van der Waals surface area contributed by atoms with E-state index in [-0.39, 0.29) is 0 Å². The molecule has 0 aromatic carbocycles. The van der Waals surface area contributed by atoms with Crippen molar-refractivity contribution in [3.8, 4) is 0 Å². The highest BCUT2D eigenvalue weighted by atomic mass is 13.9. The Morgan fingerprint density at radius 3 is 2.90 bits per heavy atom. The summed E-state index contributed by atoms with van der Waals surface area (Å²) in [5, 5.41) is 0. The maximum Gasteiger partial charge on any atom is 0.105 e. The molecule has 56 valence electrons. The van der Waals surface area contributed by atoms with Crippen molar-refractivity contribution in [2.75, 3.05) is 0 Å². The third kappa shape index (κ3) is 2.81. The van der Waals surface area contributed by atoms with E-state index in [9.17, 15) is 0 Å². The van der Waals surface area contributed by atoms with Gasteiger partial charge in [-0.3, -0.25) is 0 Å². The van der Waals surface area contributed by atoms with Crippen molar-refractivity contribution in [2.24, 2.45) is 0 Å². The molecule has 0 saturated carbocycles. The lowest BCUT2D eigenvalue weighted by Crippen LogP contribution is -2.13. The zero-order chi connectivity index (χ0) is 7.23. The highest BCUT2D eigenvalue weighted by Crippen LogP contribution is 2.17. The Morgan fingerprint density at radius 2 is 2.30 bits per heavy atom. The molecule has 0 aromatic rings. The van der Waals surface area contributed by atoms with E-state index in [0.29, 0.717) is 0 Å². The minimum Gasteiger partial charge on any atom is -0.0848 e. The minimum atomic E-state index is 1.12. The van der Waals surface area contributed by atoms with Crippen LogP contribution < -0.4 is 0 Å². The number of hydrogen-bond donors (Lipinski definition) is 0. The molecule has 0 aliphatic carbocycles. The molecule has 1 heterocycles. The van der Waals surface area contributed by atoms with Gasteiger partial charge in [0, 0.05) is 0 Å². The van der Waals surface area contributed by atoms with Gasteiger partial charge in [-0.1, -0.05) is 51.6 Å². The first-order chi connectivity index (χ1) is 4.93. The van der Waals surface area contributed by atoms with Crippen molar-refractivity contribution in [1.82, 2.24) is 0 Å². The molecule has 1 saturated heterocycles. The van der Waals surface area contributed by atoms with Crippen molar-refractivity contribution in [3.05, 3.63) is 0 Å². The van der Waals surface area contributed by atoms with Crippen molar-refractivity contribution in [3.63, 3.8) is 0 Å². The van der Waals surface area contributed by atoms with Gasteiger partial charge in [-0.05, 0) is 0 Å². The lowest BCUT2D eigenvalue weighted by molar-refractivity contribution is 0.766. The molecule has 1 aliphatic rings. The van der Waals surface area contributed by atoms with Gasteiger partial charge in [-0.15, -0.1) is 0 Å². The van der Waals surface area contributed by atoms with Gasteiger partial charge in [-0.25, -0.2) is 0 Å². The van der Waals surface area contributed by atoms with E-state index in [0.717, 1.165) is 6.60 Å². The Labute approximate surface area is 66.1 Å². The fourth-order valence-corrected chi connectivity index (χ4v) is 1.98. The normalized spacial score (nSPS) is 17.5. The lowest BCUT2D eigenvalue weighted by atomic mass is 9.22. The maximum atomic E-state index is 2.29. The predicted octanol–water partition coefficient (Wildman–Crippen LogP) is 2.43. The molecule has 0 aromatic heterocycles. The Bertz CT molecular complexity index is 77.3. The average Bonchev–Trinajstić information content (AvgIpc) is 2.41. The minimum absolute atomic E-state index is 1.12. The number of hydrogen-bond acceptors (Lipinski definition) is 0. The molecule has 1 rings (SSSR count). The van der Waals surface area contributed by atoms with Crippen LogP contribution in [-0.2, 0) is 0 Å². The summed E-state index contributed by atoms with van der Waals surface area (Å²) in [7, 11) is 1.53. The summed E-state index contributed by atoms with van der Waals surface area (Å²) in [6, 6.07) is 0. The van der Waals surface area contributed by atoms with Gasteiger partial charge < -0.3 is 0 Å². The maximum absolute atomic E-state index is 2.29. The summed E-state index contributed by atoms with van der Waals surface area (Å²) >= 11 is 0.